The summed E-state index contributed by atoms with van der Waals surface area (Å²) in [6, 6.07) is 7.24. The van der Waals surface area contributed by atoms with Crippen LogP contribution < -0.4 is 5.32 Å². The number of rotatable bonds is 3. The molecule has 0 aliphatic carbocycles. The Labute approximate surface area is 96.1 Å². The maximum Gasteiger partial charge on any atom is 0.252 e. The zero-order valence-corrected chi connectivity index (χ0v) is 9.87. The number of nitriles is 1. The predicted molar refractivity (Wildman–Crippen MR) is 63.1 cm³/mol. The van der Waals surface area contributed by atoms with Gasteiger partial charge >= 0.3 is 0 Å². The number of carbonyl (C=O) groups excluding carboxylic acids is 1. The van der Waals surface area contributed by atoms with E-state index in [9.17, 15) is 4.79 Å². The van der Waals surface area contributed by atoms with E-state index in [1.54, 1.807) is 6.07 Å². The van der Waals surface area contributed by atoms with Crippen molar-refractivity contribution in [2.75, 3.05) is 0 Å². The molecule has 3 nitrogen and oxygen atoms in total. The quantitative estimate of drug-likeness (QED) is 0.843. The van der Waals surface area contributed by atoms with Gasteiger partial charge < -0.3 is 5.32 Å². The summed E-state index contributed by atoms with van der Waals surface area (Å²) < 4.78 is 0. The van der Waals surface area contributed by atoms with Crippen molar-refractivity contribution in [1.29, 1.82) is 5.26 Å². The van der Waals surface area contributed by atoms with Gasteiger partial charge in [0.2, 0.25) is 0 Å². The lowest BCUT2D eigenvalue weighted by molar-refractivity contribution is 0.0944. The number of aryl methyl sites for hydroxylation is 1. The van der Waals surface area contributed by atoms with Crippen LogP contribution in [0.2, 0.25) is 0 Å². The van der Waals surface area contributed by atoms with Crippen LogP contribution in [0, 0.1) is 25.2 Å². The van der Waals surface area contributed by atoms with Gasteiger partial charge in [0, 0.05) is 5.56 Å². The Balaban J connectivity index is 2.90. The third-order valence-electron chi connectivity index (χ3n) is 2.72. The Morgan fingerprint density at radius 2 is 2.19 bits per heavy atom. The summed E-state index contributed by atoms with van der Waals surface area (Å²) in [5, 5.41) is 11.5. The van der Waals surface area contributed by atoms with E-state index in [0.29, 0.717) is 12.0 Å². The van der Waals surface area contributed by atoms with Crippen molar-refractivity contribution in [1.82, 2.24) is 5.32 Å². The third-order valence-corrected chi connectivity index (χ3v) is 2.72. The molecule has 1 unspecified atom stereocenters. The van der Waals surface area contributed by atoms with Crippen molar-refractivity contribution in [3.63, 3.8) is 0 Å². The summed E-state index contributed by atoms with van der Waals surface area (Å²) in [5.41, 5.74) is 2.69. The highest BCUT2D eigenvalue weighted by Gasteiger charge is 2.13. The van der Waals surface area contributed by atoms with Crippen LogP contribution in [-0.2, 0) is 0 Å². The molecule has 1 aromatic carbocycles. The summed E-state index contributed by atoms with van der Waals surface area (Å²) >= 11 is 0. The van der Waals surface area contributed by atoms with Gasteiger partial charge in [-0.2, -0.15) is 5.26 Å². The van der Waals surface area contributed by atoms with Gasteiger partial charge in [0.05, 0.1) is 6.07 Å². The van der Waals surface area contributed by atoms with Crippen LogP contribution in [0.25, 0.3) is 0 Å². The maximum absolute atomic E-state index is 11.9. The second-order valence-electron chi connectivity index (χ2n) is 3.81. The van der Waals surface area contributed by atoms with Crippen LogP contribution in [0.3, 0.4) is 0 Å². The fourth-order valence-corrected chi connectivity index (χ4v) is 1.46. The van der Waals surface area contributed by atoms with Gasteiger partial charge in [0.1, 0.15) is 6.04 Å². The van der Waals surface area contributed by atoms with Crippen molar-refractivity contribution < 1.29 is 4.79 Å². The normalized spacial score (nSPS) is 11.6. The van der Waals surface area contributed by atoms with E-state index in [-0.39, 0.29) is 5.91 Å². The molecule has 0 aliphatic heterocycles. The van der Waals surface area contributed by atoms with Crippen LogP contribution in [0.5, 0.6) is 0 Å². The van der Waals surface area contributed by atoms with Gasteiger partial charge in [-0.1, -0.05) is 19.1 Å². The Morgan fingerprint density at radius 1 is 1.50 bits per heavy atom. The summed E-state index contributed by atoms with van der Waals surface area (Å²) in [6.45, 7) is 5.75. The smallest absolute Gasteiger partial charge is 0.252 e. The summed E-state index contributed by atoms with van der Waals surface area (Å²) in [5.74, 6) is -0.172. The second kappa shape index (κ2) is 5.32. The highest BCUT2D eigenvalue weighted by Crippen LogP contribution is 2.12. The lowest BCUT2D eigenvalue weighted by Gasteiger charge is -2.11. The van der Waals surface area contributed by atoms with E-state index in [0.717, 1.165) is 11.1 Å². The molecule has 1 aromatic rings. The molecule has 0 heterocycles. The fraction of sp³-hybridized carbons (Fsp3) is 0.385. The largest absolute Gasteiger partial charge is 0.336 e. The van der Waals surface area contributed by atoms with E-state index in [4.69, 9.17) is 5.26 Å². The molecule has 0 bridgehead atoms. The molecule has 0 fully saturated rings. The monoisotopic (exact) mass is 216 g/mol. The zero-order valence-electron chi connectivity index (χ0n) is 9.87. The third kappa shape index (κ3) is 2.60. The summed E-state index contributed by atoms with van der Waals surface area (Å²) in [4.78, 5) is 11.9. The zero-order chi connectivity index (χ0) is 12.1. The van der Waals surface area contributed by atoms with Gasteiger partial charge in [-0.25, -0.2) is 0 Å². The van der Waals surface area contributed by atoms with Crippen LogP contribution >= 0.6 is 0 Å². The van der Waals surface area contributed by atoms with Crippen molar-refractivity contribution in [2.24, 2.45) is 0 Å². The molecular weight excluding hydrogens is 200 g/mol. The molecule has 0 aromatic heterocycles. The van der Waals surface area contributed by atoms with Crippen LogP contribution in [0.1, 0.15) is 34.8 Å². The maximum atomic E-state index is 11.9. The minimum absolute atomic E-state index is 0.172. The Hall–Kier alpha value is -1.82. The Kier molecular flexibility index (Phi) is 4.07. The lowest BCUT2D eigenvalue weighted by Crippen LogP contribution is -2.33. The molecule has 1 rings (SSSR count). The highest BCUT2D eigenvalue weighted by molar-refractivity contribution is 5.96. The van der Waals surface area contributed by atoms with Gasteiger partial charge in [0.15, 0.2) is 0 Å². The first-order valence-electron chi connectivity index (χ1n) is 5.36. The van der Waals surface area contributed by atoms with Crippen molar-refractivity contribution >= 4 is 5.91 Å². The molecule has 1 amide bonds. The Bertz CT molecular complexity index is 432. The van der Waals surface area contributed by atoms with E-state index in [2.05, 4.69) is 11.4 Å². The number of amides is 1. The molecule has 84 valence electrons. The van der Waals surface area contributed by atoms with Crippen LogP contribution in [-0.4, -0.2) is 11.9 Å². The minimum Gasteiger partial charge on any atom is -0.336 e. The first-order chi connectivity index (χ1) is 7.60. The molecule has 0 saturated heterocycles. The molecular formula is C13H16N2O. The number of carbonyl (C=O) groups is 1. The van der Waals surface area contributed by atoms with Gasteiger partial charge in [-0.05, 0) is 37.5 Å². The van der Waals surface area contributed by atoms with Gasteiger partial charge in [-0.15, -0.1) is 0 Å². The summed E-state index contributed by atoms with van der Waals surface area (Å²) in [7, 11) is 0. The van der Waals surface area contributed by atoms with Crippen LogP contribution in [0.15, 0.2) is 18.2 Å². The van der Waals surface area contributed by atoms with E-state index in [1.165, 1.54) is 0 Å². The predicted octanol–water partition coefficient (Wildman–Crippen LogP) is 2.34. The average molecular weight is 216 g/mol. The molecule has 0 radical (unpaired) electrons. The van der Waals surface area contributed by atoms with E-state index >= 15 is 0 Å². The molecule has 16 heavy (non-hydrogen) atoms. The standard InChI is InChI=1S/C13H16N2O/c1-4-11(8-14)15-13(16)12-7-5-6-9(2)10(12)3/h5-7,11H,4H2,1-3H3,(H,15,16). The Morgan fingerprint density at radius 3 is 2.75 bits per heavy atom. The molecule has 0 spiro atoms. The molecule has 0 aliphatic rings. The SMILES string of the molecule is CCC(C#N)NC(=O)c1cccc(C)c1C. The molecule has 1 N–H and O–H groups in total. The number of hydrogen-bond acceptors (Lipinski definition) is 2. The number of hydrogen-bond donors (Lipinski definition) is 1. The van der Waals surface area contributed by atoms with Crippen molar-refractivity contribution in [3.05, 3.63) is 34.9 Å². The molecule has 0 saturated carbocycles. The topological polar surface area (TPSA) is 52.9 Å². The highest BCUT2D eigenvalue weighted by atomic mass is 16.1. The average Bonchev–Trinajstić information content (AvgIpc) is 2.29. The van der Waals surface area contributed by atoms with Gasteiger partial charge in [0.25, 0.3) is 5.91 Å². The van der Waals surface area contributed by atoms with Crippen molar-refractivity contribution in [2.45, 2.75) is 33.2 Å². The lowest BCUT2D eigenvalue weighted by atomic mass is 10.0. The molecule has 3 heteroatoms. The summed E-state index contributed by atoms with van der Waals surface area (Å²) in [6.07, 6.45) is 0.618. The number of nitrogens with one attached hydrogen (secondary N) is 1. The first-order valence-corrected chi connectivity index (χ1v) is 5.36. The van der Waals surface area contributed by atoms with E-state index in [1.807, 2.05) is 32.9 Å². The second-order valence-corrected chi connectivity index (χ2v) is 3.81. The van der Waals surface area contributed by atoms with Crippen molar-refractivity contribution in [3.8, 4) is 6.07 Å². The first kappa shape index (κ1) is 12.3. The number of nitrogens with zero attached hydrogens (tertiary/aromatic N) is 1. The van der Waals surface area contributed by atoms with Crippen LogP contribution in [0.4, 0.5) is 0 Å². The fourth-order valence-electron chi connectivity index (χ4n) is 1.46. The number of benzene rings is 1. The van der Waals surface area contributed by atoms with Gasteiger partial charge in [-0.3, -0.25) is 4.79 Å². The molecule has 1 atom stereocenters. The minimum atomic E-state index is -0.410. The van der Waals surface area contributed by atoms with E-state index < -0.39 is 6.04 Å².